The van der Waals surface area contributed by atoms with E-state index in [1.807, 2.05) is 0 Å². The van der Waals surface area contributed by atoms with Gasteiger partial charge in [0.1, 0.15) is 49.1 Å². The van der Waals surface area contributed by atoms with Crippen molar-refractivity contribution in [1.82, 2.24) is 15.5 Å². The summed E-state index contributed by atoms with van der Waals surface area (Å²) in [4.78, 5) is 73.7. The number of carboxylic acids is 1. The van der Waals surface area contributed by atoms with Crippen molar-refractivity contribution >= 4 is 45.7 Å². The van der Waals surface area contributed by atoms with Gasteiger partial charge in [-0.2, -0.15) is 8.42 Å². The predicted molar refractivity (Wildman–Crippen MR) is 197 cm³/mol. The van der Waals surface area contributed by atoms with E-state index in [2.05, 4.69) is 10.6 Å². The fraction of sp³-hybridized carbons (Fsp3) is 0.611. The van der Waals surface area contributed by atoms with Crippen LogP contribution in [0.5, 0.6) is 11.5 Å². The molecule has 0 saturated carbocycles. The smallest absolute Gasteiger partial charge is 0.335 e. The molecule has 324 valence electrons. The van der Waals surface area contributed by atoms with Crippen molar-refractivity contribution in [3.8, 4) is 11.5 Å². The minimum absolute atomic E-state index is 0.00859. The van der Waals surface area contributed by atoms with Gasteiger partial charge in [-0.05, 0) is 52.2 Å². The number of nitrogens with one attached hydrogen (secondary N) is 2. The number of carbonyl (C=O) groups is 6. The average molecular weight is 846 g/mol. The van der Waals surface area contributed by atoms with E-state index in [9.17, 15) is 62.2 Å². The summed E-state index contributed by atoms with van der Waals surface area (Å²) < 4.78 is 59.4. The largest absolute Gasteiger partial charge is 0.491 e. The van der Waals surface area contributed by atoms with E-state index in [0.29, 0.717) is 19.3 Å². The molecule has 0 aliphatic carbocycles. The van der Waals surface area contributed by atoms with Crippen LogP contribution in [-0.2, 0) is 59.7 Å². The summed E-state index contributed by atoms with van der Waals surface area (Å²) in [5, 5.41) is 45.1. The van der Waals surface area contributed by atoms with Gasteiger partial charge in [0, 0.05) is 43.3 Å². The van der Waals surface area contributed by atoms with E-state index in [1.54, 1.807) is 20.8 Å². The first-order valence-corrected chi connectivity index (χ1v) is 19.9. The zero-order valence-corrected chi connectivity index (χ0v) is 33.1. The summed E-state index contributed by atoms with van der Waals surface area (Å²) in [6.07, 6.45) is -6.20. The first-order chi connectivity index (χ1) is 27.2. The second-order valence-electron chi connectivity index (χ2n) is 14.4. The summed E-state index contributed by atoms with van der Waals surface area (Å²) in [5.74, 6) is -4.91. The molecule has 0 aromatic heterocycles. The van der Waals surface area contributed by atoms with Crippen LogP contribution in [0.1, 0.15) is 58.4 Å². The van der Waals surface area contributed by atoms with Gasteiger partial charge in [0.05, 0.1) is 24.4 Å². The van der Waals surface area contributed by atoms with Crippen molar-refractivity contribution in [2.45, 2.75) is 96.2 Å². The van der Waals surface area contributed by atoms with Gasteiger partial charge in [-0.1, -0.05) is 6.42 Å². The number of hydrogen-bond donors (Lipinski definition) is 7. The van der Waals surface area contributed by atoms with Crippen LogP contribution in [-0.4, -0.2) is 149 Å². The van der Waals surface area contributed by atoms with Gasteiger partial charge in [0.15, 0.2) is 6.10 Å². The van der Waals surface area contributed by atoms with Crippen molar-refractivity contribution in [3.63, 3.8) is 0 Å². The summed E-state index contributed by atoms with van der Waals surface area (Å²) in [5.41, 5.74) is -0.581. The first kappa shape index (κ1) is 47.7. The molecule has 6 atom stereocenters. The third kappa shape index (κ3) is 15.2. The Morgan fingerprint density at radius 2 is 1.64 bits per heavy atom. The Hall–Kier alpha value is -4.71. The molecule has 1 saturated heterocycles. The minimum Gasteiger partial charge on any atom is -0.491 e. The fourth-order valence-electron chi connectivity index (χ4n) is 5.36. The maximum atomic E-state index is 12.8. The molecule has 2 aliphatic rings. The number of esters is 1. The molecule has 0 radical (unpaired) electrons. The number of imide groups is 1. The summed E-state index contributed by atoms with van der Waals surface area (Å²) in [6.45, 7) is 4.69. The van der Waals surface area contributed by atoms with Crippen molar-refractivity contribution in [2.75, 3.05) is 38.7 Å². The quantitative estimate of drug-likeness (QED) is 0.0295. The average Bonchev–Trinajstić information content (AvgIpc) is 3.46. The van der Waals surface area contributed by atoms with Gasteiger partial charge < -0.3 is 54.7 Å². The molecule has 0 unspecified atom stereocenters. The van der Waals surface area contributed by atoms with Crippen molar-refractivity contribution < 1.29 is 85.8 Å². The maximum absolute atomic E-state index is 12.8. The van der Waals surface area contributed by atoms with Gasteiger partial charge in [-0.3, -0.25) is 33.4 Å². The molecule has 58 heavy (non-hydrogen) atoms. The number of ether oxygens (including phenoxy) is 5. The Kier molecular flexibility index (Phi) is 18.0. The van der Waals surface area contributed by atoms with Gasteiger partial charge >= 0.3 is 11.9 Å². The van der Waals surface area contributed by atoms with Gasteiger partial charge in [-0.25, -0.2) is 4.79 Å². The van der Waals surface area contributed by atoms with Gasteiger partial charge in [0.2, 0.25) is 18.1 Å². The van der Waals surface area contributed by atoms with Gasteiger partial charge in [-0.15, -0.1) is 0 Å². The second kappa shape index (κ2) is 21.9. The molecule has 2 aliphatic heterocycles. The van der Waals surface area contributed by atoms with Crippen LogP contribution >= 0.6 is 0 Å². The van der Waals surface area contributed by atoms with Crippen LogP contribution in [0, 0.1) is 5.41 Å². The number of amides is 4. The number of carboxylic acid groups (broad SMARTS) is 1. The number of benzene rings is 1. The molecule has 21 nitrogen and oxygen atoms in total. The molecular weight excluding hydrogens is 794 g/mol. The zero-order valence-electron chi connectivity index (χ0n) is 32.2. The Balaban J connectivity index is 1.49. The highest BCUT2D eigenvalue weighted by molar-refractivity contribution is 7.85. The zero-order chi connectivity index (χ0) is 43.2. The SMILES string of the molecule is CC(C)(C)C(=O)OCc1ccc(OCCOCCNC(=O)[C@@H](CCS(=O)(=O)O)NC(=O)CCCCCN2C(=O)C=CC2=O)cc1O[C@@H]1O[C@H](C(=O)O)[C@@H](O)[C@H](O)[C@H]1O. The number of unbranched alkanes of at least 4 members (excludes halogenated alkanes) is 2. The third-order valence-corrected chi connectivity index (χ3v) is 9.36. The van der Waals surface area contributed by atoms with Crippen LogP contribution in [0.4, 0.5) is 0 Å². The summed E-state index contributed by atoms with van der Waals surface area (Å²) in [7, 11) is -4.45. The van der Waals surface area contributed by atoms with E-state index in [1.165, 1.54) is 30.4 Å². The summed E-state index contributed by atoms with van der Waals surface area (Å²) in [6, 6.07) is 3.02. The van der Waals surface area contributed by atoms with Crippen LogP contribution in [0.3, 0.4) is 0 Å². The maximum Gasteiger partial charge on any atom is 0.335 e. The molecule has 22 heteroatoms. The van der Waals surface area contributed by atoms with E-state index < -0.39 is 100 Å². The topological polar surface area (TPSA) is 311 Å². The normalized spacial score (nSPS) is 21.4. The molecular formula is C36H51N3O18S. The lowest BCUT2D eigenvalue weighted by Crippen LogP contribution is -2.61. The molecule has 2 heterocycles. The lowest BCUT2D eigenvalue weighted by Gasteiger charge is -2.38. The lowest BCUT2D eigenvalue weighted by atomic mass is 9.97. The Bertz CT molecular complexity index is 1750. The number of nitrogens with zero attached hydrogens (tertiary/aromatic N) is 1. The predicted octanol–water partition coefficient (Wildman–Crippen LogP) is -1.19. The minimum atomic E-state index is -4.45. The molecule has 0 spiro atoms. The Morgan fingerprint density at radius 3 is 2.28 bits per heavy atom. The lowest BCUT2D eigenvalue weighted by molar-refractivity contribution is -0.271. The molecule has 3 rings (SSSR count). The van der Waals surface area contributed by atoms with E-state index in [-0.39, 0.29) is 63.0 Å². The number of aliphatic hydroxyl groups excluding tert-OH is 3. The molecule has 1 fully saturated rings. The van der Waals surface area contributed by atoms with Gasteiger partial charge in [0.25, 0.3) is 21.9 Å². The molecule has 0 bridgehead atoms. The van der Waals surface area contributed by atoms with Crippen LogP contribution < -0.4 is 20.1 Å². The van der Waals surface area contributed by atoms with E-state index >= 15 is 0 Å². The van der Waals surface area contributed by atoms with Crippen molar-refractivity contribution in [3.05, 3.63) is 35.9 Å². The number of carbonyl (C=O) groups excluding carboxylic acids is 5. The number of rotatable bonds is 23. The molecule has 4 amide bonds. The third-order valence-electron chi connectivity index (χ3n) is 8.61. The fourth-order valence-corrected chi connectivity index (χ4v) is 5.90. The first-order valence-electron chi connectivity index (χ1n) is 18.3. The van der Waals surface area contributed by atoms with Crippen LogP contribution in [0.2, 0.25) is 0 Å². The van der Waals surface area contributed by atoms with Crippen molar-refractivity contribution in [1.29, 1.82) is 0 Å². The van der Waals surface area contributed by atoms with Crippen LogP contribution in [0.25, 0.3) is 0 Å². The standard InChI is InChI=1S/C36H51N3O18S/c1-36(2,3)35(49)55-20-21-8-9-22(19-24(21)56-34-30(45)28(43)29(44)31(57-34)33(47)48)54-17-16-53-15-13-37-32(46)23(12-18-58(50,51)52)38-25(40)7-5-4-6-14-39-26(41)10-11-27(39)42/h8-11,19,23,28-31,34,43-45H,4-7,12-18,20H2,1-3H3,(H,37,46)(H,38,40)(H,47,48)(H,50,51,52)/t23-,28+,29+,30-,31+,34-/m1/s1. The molecule has 1 aromatic carbocycles. The van der Waals surface area contributed by atoms with Crippen LogP contribution in [0.15, 0.2) is 30.4 Å². The monoisotopic (exact) mass is 845 g/mol. The van der Waals surface area contributed by atoms with E-state index in [0.717, 1.165) is 4.90 Å². The second-order valence-corrected chi connectivity index (χ2v) is 15.9. The Morgan fingerprint density at radius 1 is 0.948 bits per heavy atom. The molecule has 7 N–H and O–H groups in total. The van der Waals surface area contributed by atoms with E-state index in [4.69, 9.17) is 23.7 Å². The highest BCUT2D eigenvalue weighted by Gasteiger charge is 2.48. The highest BCUT2D eigenvalue weighted by atomic mass is 32.2. The Labute approximate surface area is 334 Å². The number of aliphatic hydroxyl groups is 3. The van der Waals surface area contributed by atoms with Crippen molar-refractivity contribution in [2.24, 2.45) is 5.41 Å². The molecule has 1 aromatic rings. The highest BCUT2D eigenvalue weighted by Crippen LogP contribution is 2.31. The number of aliphatic carboxylic acids is 1. The number of hydrogen-bond acceptors (Lipinski definition) is 16. The summed E-state index contributed by atoms with van der Waals surface area (Å²) >= 11 is 0.